The minimum atomic E-state index is -1.16. The highest BCUT2D eigenvalue weighted by atomic mass is 16.6. The predicted octanol–water partition coefficient (Wildman–Crippen LogP) is 3.37. The zero-order valence-electron chi connectivity index (χ0n) is 23.7. The summed E-state index contributed by atoms with van der Waals surface area (Å²) in [7, 11) is 0.937. The molecular formula is C29H40BN3O6. The summed E-state index contributed by atoms with van der Waals surface area (Å²) in [5.41, 5.74) is 1.62. The number of aliphatic hydroxyl groups excluding tert-OH is 1. The number of aliphatic hydroxyl groups is 1. The van der Waals surface area contributed by atoms with Gasteiger partial charge in [0.15, 0.2) is 5.78 Å². The Hall–Kier alpha value is -3.08. The number of ketones is 1. The molecule has 1 aromatic heterocycles. The number of hydrogen-bond acceptors (Lipinski definition) is 8. The van der Waals surface area contributed by atoms with Crippen molar-refractivity contribution < 1.29 is 28.8 Å². The molecule has 0 radical (unpaired) electrons. The van der Waals surface area contributed by atoms with Crippen LogP contribution in [-0.4, -0.2) is 77.7 Å². The second-order valence-electron chi connectivity index (χ2n) is 10.9. The van der Waals surface area contributed by atoms with Gasteiger partial charge >= 0.3 is 13.1 Å². The number of rotatable bonds is 10. The van der Waals surface area contributed by atoms with Crippen molar-refractivity contribution in [3.8, 4) is 11.3 Å². The summed E-state index contributed by atoms with van der Waals surface area (Å²) in [5.74, 6) is -1.60. The lowest BCUT2D eigenvalue weighted by atomic mass is 9.64. The first-order chi connectivity index (χ1) is 18.5. The number of carbonyl (C=O) groups is 3. The summed E-state index contributed by atoms with van der Waals surface area (Å²) in [4.78, 5) is 45.7. The molecule has 9 nitrogen and oxygen atoms in total. The number of pyridine rings is 1. The molecule has 0 spiro atoms. The lowest BCUT2D eigenvalue weighted by Crippen LogP contribution is -2.52. The average molecular weight is 537 g/mol. The van der Waals surface area contributed by atoms with E-state index in [0.29, 0.717) is 18.7 Å². The summed E-state index contributed by atoms with van der Waals surface area (Å²) in [5, 5.41) is 13.1. The molecule has 210 valence electrons. The number of benzene rings is 1. The Labute approximate surface area is 231 Å². The van der Waals surface area contributed by atoms with Crippen LogP contribution in [0.5, 0.6) is 0 Å². The third kappa shape index (κ3) is 8.21. The maximum Gasteiger partial charge on any atom is 0.531 e. The van der Waals surface area contributed by atoms with E-state index < -0.39 is 43.0 Å². The van der Waals surface area contributed by atoms with Gasteiger partial charge in [0, 0.05) is 30.5 Å². The third-order valence-corrected chi connectivity index (χ3v) is 7.17. The van der Waals surface area contributed by atoms with Gasteiger partial charge in [0.25, 0.3) is 5.91 Å². The van der Waals surface area contributed by atoms with Crippen molar-refractivity contribution in [2.75, 3.05) is 13.7 Å². The maximum atomic E-state index is 13.5. The molecular weight excluding hydrogens is 497 g/mol. The average Bonchev–Trinajstić information content (AvgIpc) is 2.91. The Morgan fingerprint density at radius 2 is 1.82 bits per heavy atom. The van der Waals surface area contributed by atoms with E-state index in [1.54, 1.807) is 25.1 Å². The van der Waals surface area contributed by atoms with Crippen LogP contribution in [0, 0.1) is 5.92 Å². The molecule has 0 aliphatic carbocycles. The monoisotopic (exact) mass is 537 g/mol. The van der Waals surface area contributed by atoms with E-state index in [1.165, 1.54) is 6.92 Å². The molecule has 5 atom stereocenters. The van der Waals surface area contributed by atoms with Crippen molar-refractivity contribution in [2.45, 2.75) is 77.5 Å². The number of nitrogens with zero attached hydrogens (tertiary/aromatic N) is 2. The molecule has 1 aliphatic rings. The van der Waals surface area contributed by atoms with Crippen LogP contribution in [0.1, 0.15) is 57.9 Å². The summed E-state index contributed by atoms with van der Waals surface area (Å²) < 4.78 is 11.7. The molecule has 1 aliphatic heterocycles. The third-order valence-electron chi connectivity index (χ3n) is 7.17. The number of amides is 1. The fraction of sp³-hybridized carbons (Fsp3) is 0.517. The quantitative estimate of drug-likeness (QED) is 0.443. The fourth-order valence-corrected chi connectivity index (χ4v) is 4.68. The van der Waals surface area contributed by atoms with E-state index in [4.69, 9.17) is 9.31 Å². The van der Waals surface area contributed by atoms with Crippen LogP contribution >= 0.6 is 0 Å². The number of likely N-dealkylation sites (N-methyl/N-ethyl adjacent to an activating group) is 1. The molecule has 1 aromatic carbocycles. The summed E-state index contributed by atoms with van der Waals surface area (Å²) in [6, 6.07) is 12.9. The predicted molar refractivity (Wildman–Crippen MR) is 150 cm³/mol. The minimum Gasteiger partial charge on any atom is -0.508 e. The summed E-state index contributed by atoms with van der Waals surface area (Å²) in [6.45, 7) is 9.57. The smallest absolute Gasteiger partial charge is 0.508 e. The Balaban J connectivity index is 1.76. The van der Waals surface area contributed by atoms with Crippen LogP contribution in [0.2, 0.25) is 5.82 Å². The van der Waals surface area contributed by atoms with E-state index in [9.17, 15) is 19.5 Å². The van der Waals surface area contributed by atoms with Gasteiger partial charge in [0.2, 0.25) is 0 Å². The van der Waals surface area contributed by atoms with Crippen molar-refractivity contribution in [2.24, 2.45) is 5.92 Å². The van der Waals surface area contributed by atoms with Crippen molar-refractivity contribution in [1.82, 2.24) is 15.2 Å². The van der Waals surface area contributed by atoms with Crippen molar-refractivity contribution in [1.29, 1.82) is 0 Å². The molecule has 1 amide bonds. The van der Waals surface area contributed by atoms with E-state index >= 15 is 0 Å². The summed E-state index contributed by atoms with van der Waals surface area (Å²) in [6.07, 6.45) is -0.626. The van der Waals surface area contributed by atoms with Gasteiger partial charge in [0.05, 0.1) is 11.8 Å². The Bertz CT molecular complexity index is 1130. The van der Waals surface area contributed by atoms with Gasteiger partial charge in [-0.15, -0.1) is 0 Å². The summed E-state index contributed by atoms with van der Waals surface area (Å²) >= 11 is 0. The largest absolute Gasteiger partial charge is 0.531 e. The maximum absolute atomic E-state index is 13.5. The highest BCUT2D eigenvalue weighted by molar-refractivity contribution is 6.49. The van der Waals surface area contributed by atoms with Gasteiger partial charge in [-0.05, 0) is 52.3 Å². The van der Waals surface area contributed by atoms with Gasteiger partial charge in [-0.3, -0.25) is 19.3 Å². The molecule has 3 rings (SSSR count). The first-order valence-electron chi connectivity index (χ1n) is 13.6. The molecule has 1 saturated heterocycles. The van der Waals surface area contributed by atoms with Gasteiger partial charge in [-0.2, -0.15) is 0 Å². The highest BCUT2D eigenvalue weighted by Gasteiger charge is 2.41. The second-order valence-corrected chi connectivity index (χ2v) is 10.9. The second kappa shape index (κ2) is 13.8. The van der Waals surface area contributed by atoms with Crippen molar-refractivity contribution in [3.05, 3.63) is 54.2 Å². The number of carbonyl (C=O) groups excluding carboxylic acids is 3. The number of aromatic nitrogens is 1. The van der Waals surface area contributed by atoms with Crippen molar-refractivity contribution in [3.63, 3.8) is 0 Å². The topological polar surface area (TPSA) is 118 Å². The van der Waals surface area contributed by atoms with Crippen LogP contribution in [-0.2, 0) is 18.9 Å². The van der Waals surface area contributed by atoms with Gasteiger partial charge < -0.3 is 19.7 Å². The number of Topliss-reactive ketones (excluding diaryl/α,β-unsaturated/α-hetero) is 1. The van der Waals surface area contributed by atoms with Gasteiger partial charge in [0.1, 0.15) is 17.8 Å². The molecule has 0 bridgehead atoms. The minimum absolute atomic E-state index is 0.0191. The lowest BCUT2D eigenvalue weighted by Gasteiger charge is -2.35. The van der Waals surface area contributed by atoms with E-state index in [2.05, 4.69) is 10.3 Å². The Morgan fingerprint density at radius 3 is 2.46 bits per heavy atom. The molecule has 2 aromatic rings. The highest BCUT2D eigenvalue weighted by Crippen LogP contribution is 2.29. The van der Waals surface area contributed by atoms with Crippen LogP contribution in [0.25, 0.3) is 11.3 Å². The Morgan fingerprint density at radius 1 is 1.13 bits per heavy atom. The zero-order chi connectivity index (χ0) is 28.7. The van der Waals surface area contributed by atoms with E-state index in [1.807, 2.05) is 63.1 Å². The molecule has 0 saturated carbocycles. The SMILES string of the molecule is CC(C)C[C@H](CC(=O)[C@@H](NC(=O)c1cccc(-c2ccccc2)n1)[C@@H](C)O)B1OC[C@@H](C)N(C)[C@@H](C)C(=O)O1. The van der Waals surface area contributed by atoms with Gasteiger partial charge in [-0.1, -0.05) is 50.2 Å². The standard InChI is InChI=1S/C29H40BN3O6/c1-18(2)15-23(30-38-17-19(3)33(6)20(4)29(37)39-30)16-26(35)27(21(5)34)32-28(36)25-14-10-13-24(31-25)22-11-8-7-9-12-22/h7-14,18-21,23,27,34H,15-17H2,1-6H3,(H,32,36)/t19-,20+,21-,23-,27+/m1/s1. The molecule has 1 fully saturated rings. The molecule has 2 heterocycles. The van der Waals surface area contributed by atoms with E-state index in [-0.39, 0.29) is 29.9 Å². The van der Waals surface area contributed by atoms with Crippen LogP contribution in [0.4, 0.5) is 0 Å². The lowest BCUT2D eigenvalue weighted by molar-refractivity contribution is -0.144. The number of nitrogens with one attached hydrogen (secondary N) is 1. The normalized spacial score (nSPS) is 20.9. The first kappa shape index (κ1) is 30.5. The zero-order valence-corrected chi connectivity index (χ0v) is 23.7. The number of hydrogen-bond donors (Lipinski definition) is 2. The Kier molecular flexibility index (Phi) is 10.8. The molecule has 39 heavy (non-hydrogen) atoms. The van der Waals surface area contributed by atoms with Crippen LogP contribution in [0.3, 0.4) is 0 Å². The van der Waals surface area contributed by atoms with Crippen molar-refractivity contribution >= 4 is 24.8 Å². The van der Waals surface area contributed by atoms with Crippen LogP contribution in [0.15, 0.2) is 48.5 Å². The van der Waals surface area contributed by atoms with E-state index in [0.717, 1.165) is 5.56 Å². The fourth-order valence-electron chi connectivity index (χ4n) is 4.68. The van der Waals surface area contributed by atoms with Gasteiger partial charge in [-0.25, -0.2) is 4.98 Å². The molecule has 0 unspecified atom stereocenters. The first-order valence-corrected chi connectivity index (χ1v) is 13.6. The van der Waals surface area contributed by atoms with Crippen LogP contribution < -0.4 is 5.32 Å². The molecule has 10 heteroatoms. The molecule has 2 N–H and O–H groups in total.